The van der Waals surface area contributed by atoms with E-state index in [-0.39, 0.29) is 6.42 Å². The number of nitrogens with two attached hydrogens (primary N) is 1. The van der Waals surface area contributed by atoms with Crippen LogP contribution in [0.5, 0.6) is 0 Å². The number of benzene rings is 1. The molecule has 9 N–H and O–H groups in total. The van der Waals surface area contributed by atoms with Gasteiger partial charge in [0.15, 0.2) is 6.10 Å². The smallest absolute Gasteiger partial charge is 0.305 e. The molecular formula is C20H29N3O8. The summed E-state index contributed by atoms with van der Waals surface area (Å²) in [6.07, 6.45) is -5.18. The molecule has 31 heavy (non-hydrogen) atoms. The lowest BCUT2D eigenvalue weighted by Gasteiger charge is -2.30. The second-order valence-electron chi connectivity index (χ2n) is 6.92. The van der Waals surface area contributed by atoms with Gasteiger partial charge in [0.25, 0.3) is 5.91 Å². The van der Waals surface area contributed by atoms with E-state index in [1.165, 1.54) is 6.08 Å². The van der Waals surface area contributed by atoms with Crippen LogP contribution in [0.25, 0.3) is 0 Å². The van der Waals surface area contributed by atoms with E-state index in [9.17, 15) is 34.8 Å². The fourth-order valence-corrected chi connectivity index (χ4v) is 2.76. The number of carbonyl (C=O) groups excluding carboxylic acids is 2. The molecule has 0 aliphatic heterocycles. The summed E-state index contributed by atoms with van der Waals surface area (Å²) in [6.45, 7) is 2.62. The highest BCUT2D eigenvalue weighted by Gasteiger charge is 2.36. The summed E-state index contributed by atoms with van der Waals surface area (Å²) in [4.78, 5) is 35.4. The molecule has 1 aromatic carbocycles. The maximum Gasteiger partial charge on any atom is 0.305 e. The van der Waals surface area contributed by atoms with Gasteiger partial charge in [-0.2, -0.15) is 0 Å². The Morgan fingerprint density at radius 2 is 1.65 bits per heavy atom. The molecule has 0 saturated heterocycles. The van der Waals surface area contributed by atoms with Crippen molar-refractivity contribution in [2.45, 2.75) is 49.3 Å². The molecule has 0 bridgehead atoms. The zero-order valence-electron chi connectivity index (χ0n) is 16.8. The molecule has 1 rings (SSSR count). The standard InChI is InChI=1S/C20H29N3O8/c1-2-6-12(21)19(30)23-14(10-24)16(27)17(28)18(29)20(31)22-13(9-15(25)26)11-7-4-3-5-8-11/h2-5,7-8,12-14,16-18,24,27-29H,1,6,9-10,21H2,(H,22,31)(H,23,30)(H,25,26)/t12-,13-,14-,16+,17+,18-/m0/s1. The maximum absolute atomic E-state index is 12.4. The summed E-state index contributed by atoms with van der Waals surface area (Å²) in [7, 11) is 0. The fraction of sp³-hybridized carbons (Fsp3) is 0.450. The molecule has 0 aliphatic rings. The molecule has 0 aromatic heterocycles. The van der Waals surface area contributed by atoms with E-state index >= 15 is 0 Å². The Morgan fingerprint density at radius 1 is 1.03 bits per heavy atom. The van der Waals surface area contributed by atoms with E-state index in [0.717, 1.165) is 0 Å². The molecule has 11 heteroatoms. The third kappa shape index (κ3) is 8.07. The zero-order valence-corrected chi connectivity index (χ0v) is 16.8. The van der Waals surface area contributed by atoms with Gasteiger partial charge in [-0.3, -0.25) is 14.4 Å². The Kier molecular flexibility index (Phi) is 10.8. The molecule has 0 fully saturated rings. The van der Waals surface area contributed by atoms with Gasteiger partial charge in [0.2, 0.25) is 5.91 Å². The lowest BCUT2D eigenvalue weighted by molar-refractivity contribution is -0.145. The number of carbonyl (C=O) groups is 3. The van der Waals surface area contributed by atoms with Crippen molar-refractivity contribution < 1.29 is 39.9 Å². The van der Waals surface area contributed by atoms with E-state index in [4.69, 9.17) is 10.8 Å². The van der Waals surface area contributed by atoms with Crippen molar-refractivity contribution in [3.05, 3.63) is 48.6 Å². The Morgan fingerprint density at radius 3 is 2.16 bits per heavy atom. The van der Waals surface area contributed by atoms with E-state index in [2.05, 4.69) is 17.2 Å². The lowest BCUT2D eigenvalue weighted by Crippen LogP contribution is -2.58. The normalized spacial score (nSPS) is 16.8. The van der Waals surface area contributed by atoms with Gasteiger partial charge in [0, 0.05) is 0 Å². The average molecular weight is 439 g/mol. The van der Waals surface area contributed by atoms with Crippen molar-refractivity contribution >= 4 is 17.8 Å². The third-order valence-corrected chi connectivity index (χ3v) is 4.53. The van der Waals surface area contributed by atoms with Crippen LogP contribution < -0.4 is 16.4 Å². The molecule has 172 valence electrons. The van der Waals surface area contributed by atoms with Crippen LogP contribution in [-0.2, 0) is 14.4 Å². The second kappa shape index (κ2) is 12.8. The monoisotopic (exact) mass is 439 g/mol. The minimum Gasteiger partial charge on any atom is -0.481 e. The third-order valence-electron chi connectivity index (χ3n) is 4.53. The van der Waals surface area contributed by atoms with Gasteiger partial charge in [-0.05, 0) is 12.0 Å². The number of hydrogen-bond acceptors (Lipinski definition) is 8. The summed E-state index contributed by atoms with van der Waals surface area (Å²) in [6, 6.07) is 4.69. The highest BCUT2D eigenvalue weighted by atomic mass is 16.4. The summed E-state index contributed by atoms with van der Waals surface area (Å²) in [5.41, 5.74) is 6.05. The molecule has 0 saturated carbocycles. The highest BCUT2D eigenvalue weighted by molar-refractivity contribution is 5.83. The Labute approximate surface area is 179 Å². The van der Waals surface area contributed by atoms with Gasteiger partial charge in [-0.25, -0.2) is 0 Å². The number of aliphatic hydroxyl groups excluding tert-OH is 4. The van der Waals surface area contributed by atoms with Crippen LogP contribution in [-0.4, -0.2) is 80.3 Å². The minimum atomic E-state index is -2.18. The van der Waals surface area contributed by atoms with Gasteiger partial charge in [0.1, 0.15) is 12.2 Å². The summed E-state index contributed by atoms with van der Waals surface area (Å²) < 4.78 is 0. The van der Waals surface area contributed by atoms with Gasteiger partial charge < -0.3 is 41.9 Å². The number of aliphatic carboxylic acids is 1. The van der Waals surface area contributed by atoms with E-state index in [0.29, 0.717) is 5.56 Å². The van der Waals surface area contributed by atoms with Crippen molar-refractivity contribution in [2.24, 2.45) is 5.73 Å². The van der Waals surface area contributed by atoms with Crippen molar-refractivity contribution in [3.63, 3.8) is 0 Å². The number of amides is 2. The van der Waals surface area contributed by atoms with Gasteiger partial charge in [-0.1, -0.05) is 36.4 Å². The summed E-state index contributed by atoms with van der Waals surface area (Å²) in [5, 5.41) is 53.6. The second-order valence-corrected chi connectivity index (χ2v) is 6.92. The Hall–Kier alpha value is -2.83. The molecule has 6 atom stereocenters. The number of hydrogen-bond donors (Lipinski definition) is 8. The number of carboxylic acids is 1. The zero-order chi connectivity index (χ0) is 23.6. The largest absolute Gasteiger partial charge is 0.481 e. The first-order valence-corrected chi connectivity index (χ1v) is 9.51. The molecule has 0 spiro atoms. The molecule has 0 aliphatic carbocycles. The van der Waals surface area contributed by atoms with Crippen LogP contribution in [0.15, 0.2) is 43.0 Å². The molecule has 11 nitrogen and oxygen atoms in total. The SMILES string of the molecule is C=CC[C@H](N)C(=O)N[C@@H](CO)[C@@H](O)[C@@H](O)[C@H](O)C(=O)N[C@@H](CC(=O)O)c1ccccc1. The van der Waals surface area contributed by atoms with E-state index in [1.54, 1.807) is 30.3 Å². The molecule has 0 radical (unpaired) electrons. The van der Waals surface area contributed by atoms with Gasteiger partial charge in [0.05, 0.1) is 31.2 Å². The van der Waals surface area contributed by atoms with E-state index < -0.39 is 67.2 Å². The Balaban J connectivity index is 2.84. The number of nitrogens with one attached hydrogen (secondary N) is 2. The lowest BCUT2D eigenvalue weighted by atomic mass is 9.99. The van der Waals surface area contributed by atoms with Crippen LogP contribution in [0.4, 0.5) is 0 Å². The van der Waals surface area contributed by atoms with Crippen LogP contribution >= 0.6 is 0 Å². The predicted molar refractivity (Wildman–Crippen MR) is 109 cm³/mol. The van der Waals surface area contributed by atoms with Crippen LogP contribution in [0.2, 0.25) is 0 Å². The first-order valence-electron chi connectivity index (χ1n) is 9.51. The quantitative estimate of drug-likeness (QED) is 0.157. The molecule has 2 amide bonds. The van der Waals surface area contributed by atoms with Crippen molar-refractivity contribution in [2.75, 3.05) is 6.61 Å². The predicted octanol–water partition coefficient (Wildman–Crippen LogP) is -2.22. The van der Waals surface area contributed by atoms with E-state index in [1.807, 2.05) is 0 Å². The fourth-order valence-electron chi connectivity index (χ4n) is 2.76. The topological polar surface area (TPSA) is 202 Å². The van der Waals surface area contributed by atoms with Crippen LogP contribution in [0.1, 0.15) is 24.4 Å². The van der Waals surface area contributed by atoms with Crippen molar-refractivity contribution in [1.82, 2.24) is 10.6 Å². The van der Waals surface area contributed by atoms with Crippen molar-refractivity contribution in [3.8, 4) is 0 Å². The number of carboxylic acid groups (broad SMARTS) is 1. The first kappa shape index (κ1) is 26.2. The minimum absolute atomic E-state index is 0.123. The highest BCUT2D eigenvalue weighted by Crippen LogP contribution is 2.17. The Bertz CT molecular complexity index is 745. The summed E-state index contributed by atoms with van der Waals surface area (Å²) in [5.74, 6) is -3.09. The first-order chi connectivity index (χ1) is 14.6. The van der Waals surface area contributed by atoms with Gasteiger partial charge >= 0.3 is 5.97 Å². The van der Waals surface area contributed by atoms with Crippen molar-refractivity contribution in [1.29, 1.82) is 0 Å². The number of rotatable bonds is 13. The number of aliphatic hydroxyl groups is 4. The van der Waals surface area contributed by atoms with Gasteiger partial charge in [-0.15, -0.1) is 6.58 Å². The molecular weight excluding hydrogens is 410 g/mol. The van der Waals surface area contributed by atoms with Crippen LogP contribution in [0, 0.1) is 0 Å². The molecule has 0 heterocycles. The summed E-state index contributed by atoms with van der Waals surface area (Å²) >= 11 is 0. The maximum atomic E-state index is 12.4. The molecule has 1 aromatic rings. The molecule has 0 unspecified atom stereocenters. The van der Waals surface area contributed by atoms with Crippen LogP contribution in [0.3, 0.4) is 0 Å². The average Bonchev–Trinajstić information content (AvgIpc) is 2.75.